The Morgan fingerprint density at radius 1 is 1.45 bits per heavy atom. The van der Waals surface area contributed by atoms with E-state index in [0.717, 1.165) is 25.9 Å². The number of carbonyl (C=O) groups is 2. The number of nitrogens with zero attached hydrogens (tertiary/aromatic N) is 2. The molecule has 7 nitrogen and oxygen atoms in total. The molecule has 1 unspecified atom stereocenters. The molecule has 0 bridgehead atoms. The number of nitrogens with two attached hydrogens (primary N) is 1. The van der Waals surface area contributed by atoms with Gasteiger partial charge in [-0.25, -0.2) is 4.98 Å². The topological polar surface area (TPSA) is 109 Å². The molecule has 1 amide bonds. The maximum Gasteiger partial charge on any atom is 0.305 e. The predicted octanol–water partition coefficient (Wildman–Crippen LogP) is 0.422. The number of pyridine rings is 1. The SMILES string of the molecule is NC(CC(=O)O)C(=O)Nc1cccnc1N1CCCC1. The fourth-order valence-corrected chi connectivity index (χ4v) is 2.18. The molecule has 0 radical (unpaired) electrons. The Morgan fingerprint density at radius 2 is 2.15 bits per heavy atom. The van der Waals surface area contributed by atoms with E-state index in [1.807, 2.05) is 0 Å². The number of carboxylic acid groups (broad SMARTS) is 1. The van der Waals surface area contributed by atoms with Gasteiger partial charge < -0.3 is 21.1 Å². The van der Waals surface area contributed by atoms with Crippen LogP contribution < -0.4 is 16.0 Å². The normalized spacial score (nSPS) is 15.9. The Bertz CT molecular complexity index is 500. The minimum Gasteiger partial charge on any atom is -0.481 e. The molecule has 20 heavy (non-hydrogen) atoms. The summed E-state index contributed by atoms with van der Waals surface area (Å²) in [6.45, 7) is 1.81. The second kappa shape index (κ2) is 6.33. The van der Waals surface area contributed by atoms with E-state index < -0.39 is 24.3 Å². The van der Waals surface area contributed by atoms with Crippen molar-refractivity contribution in [1.29, 1.82) is 0 Å². The van der Waals surface area contributed by atoms with Gasteiger partial charge in [-0.2, -0.15) is 0 Å². The first kappa shape index (κ1) is 14.3. The van der Waals surface area contributed by atoms with Crippen molar-refractivity contribution in [3.63, 3.8) is 0 Å². The van der Waals surface area contributed by atoms with Gasteiger partial charge in [-0.05, 0) is 25.0 Å². The van der Waals surface area contributed by atoms with E-state index in [1.165, 1.54) is 0 Å². The molecule has 1 aliphatic heterocycles. The van der Waals surface area contributed by atoms with Crippen molar-refractivity contribution in [2.24, 2.45) is 5.73 Å². The largest absolute Gasteiger partial charge is 0.481 e. The highest BCUT2D eigenvalue weighted by Gasteiger charge is 2.21. The number of aromatic nitrogens is 1. The van der Waals surface area contributed by atoms with Crippen molar-refractivity contribution in [2.75, 3.05) is 23.3 Å². The first-order valence-electron chi connectivity index (χ1n) is 6.56. The van der Waals surface area contributed by atoms with E-state index >= 15 is 0 Å². The standard InChI is InChI=1S/C13H18N4O3/c14-9(8-11(18)19)13(20)16-10-4-3-5-15-12(10)17-6-1-2-7-17/h3-5,9H,1-2,6-8,14H2,(H,16,20)(H,18,19). The van der Waals surface area contributed by atoms with Gasteiger partial charge in [-0.15, -0.1) is 0 Å². The van der Waals surface area contributed by atoms with E-state index in [1.54, 1.807) is 18.3 Å². The van der Waals surface area contributed by atoms with Gasteiger partial charge in [0, 0.05) is 19.3 Å². The molecule has 2 heterocycles. The molecule has 1 aliphatic rings. The fourth-order valence-electron chi connectivity index (χ4n) is 2.18. The summed E-state index contributed by atoms with van der Waals surface area (Å²) in [5.41, 5.74) is 6.11. The molecular formula is C13H18N4O3. The Balaban J connectivity index is 2.08. The molecule has 1 saturated heterocycles. The molecule has 0 aliphatic carbocycles. The first-order valence-corrected chi connectivity index (χ1v) is 6.56. The third kappa shape index (κ3) is 3.45. The van der Waals surface area contributed by atoms with Gasteiger partial charge in [0.15, 0.2) is 5.82 Å². The summed E-state index contributed by atoms with van der Waals surface area (Å²) in [7, 11) is 0. The molecule has 4 N–H and O–H groups in total. The Kier molecular flexibility index (Phi) is 4.52. The number of anilines is 2. The summed E-state index contributed by atoms with van der Waals surface area (Å²) in [5.74, 6) is -0.902. The zero-order valence-electron chi connectivity index (χ0n) is 11.1. The van der Waals surface area contributed by atoms with Crippen LogP contribution in [-0.2, 0) is 9.59 Å². The second-order valence-corrected chi connectivity index (χ2v) is 4.76. The monoisotopic (exact) mass is 278 g/mol. The number of carboxylic acids is 1. The Labute approximate surface area is 116 Å². The lowest BCUT2D eigenvalue weighted by Gasteiger charge is -2.20. The highest BCUT2D eigenvalue weighted by atomic mass is 16.4. The Morgan fingerprint density at radius 3 is 2.80 bits per heavy atom. The number of carbonyl (C=O) groups excluding carboxylic acids is 1. The number of rotatable bonds is 5. The van der Waals surface area contributed by atoms with Gasteiger partial charge in [0.25, 0.3) is 0 Å². The van der Waals surface area contributed by atoms with Crippen LogP contribution in [0.15, 0.2) is 18.3 Å². The van der Waals surface area contributed by atoms with Crippen molar-refractivity contribution in [3.05, 3.63) is 18.3 Å². The lowest BCUT2D eigenvalue weighted by Crippen LogP contribution is -2.37. The molecule has 0 saturated carbocycles. The minimum absolute atomic E-state index is 0.398. The third-order valence-corrected chi connectivity index (χ3v) is 3.18. The quantitative estimate of drug-likeness (QED) is 0.720. The molecule has 1 atom stereocenters. The van der Waals surface area contributed by atoms with E-state index in [4.69, 9.17) is 10.8 Å². The van der Waals surface area contributed by atoms with Crippen molar-refractivity contribution in [1.82, 2.24) is 4.98 Å². The fraction of sp³-hybridized carbons (Fsp3) is 0.462. The van der Waals surface area contributed by atoms with E-state index in [-0.39, 0.29) is 0 Å². The molecule has 0 spiro atoms. The van der Waals surface area contributed by atoms with Crippen LogP contribution in [0.2, 0.25) is 0 Å². The van der Waals surface area contributed by atoms with Crippen molar-refractivity contribution >= 4 is 23.4 Å². The van der Waals surface area contributed by atoms with Crippen LogP contribution in [0.5, 0.6) is 0 Å². The van der Waals surface area contributed by atoms with E-state index in [9.17, 15) is 9.59 Å². The first-order chi connectivity index (χ1) is 9.58. The van der Waals surface area contributed by atoms with Gasteiger partial charge in [0.05, 0.1) is 18.2 Å². The molecule has 2 rings (SSSR count). The molecule has 7 heteroatoms. The van der Waals surface area contributed by atoms with Crippen LogP contribution in [0.4, 0.5) is 11.5 Å². The summed E-state index contributed by atoms with van der Waals surface area (Å²) < 4.78 is 0. The predicted molar refractivity (Wildman–Crippen MR) is 74.5 cm³/mol. The molecule has 1 aromatic rings. The Hall–Kier alpha value is -2.15. The van der Waals surface area contributed by atoms with Crippen LogP contribution in [0.25, 0.3) is 0 Å². The van der Waals surface area contributed by atoms with Gasteiger partial charge in [-0.3, -0.25) is 9.59 Å². The van der Waals surface area contributed by atoms with Crippen LogP contribution >= 0.6 is 0 Å². The van der Waals surface area contributed by atoms with Crippen molar-refractivity contribution in [3.8, 4) is 0 Å². The summed E-state index contributed by atoms with van der Waals surface area (Å²) in [5, 5.41) is 11.3. The maximum atomic E-state index is 11.9. The lowest BCUT2D eigenvalue weighted by molar-refractivity contribution is -0.138. The summed E-state index contributed by atoms with van der Waals surface area (Å²) in [4.78, 5) is 28.8. The summed E-state index contributed by atoms with van der Waals surface area (Å²) >= 11 is 0. The van der Waals surface area contributed by atoms with Crippen LogP contribution in [-0.4, -0.2) is 41.1 Å². The molecule has 0 aromatic carbocycles. The number of aliphatic carboxylic acids is 1. The van der Waals surface area contributed by atoms with E-state index in [2.05, 4.69) is 15.2 Å². The second-order valence-electron chi connectivity index (χ2n) is 4.76. The van der Waals surface area contributed by atoms with Crippen LogP contribution in [0, 0.1) is 0 Å². The van der Waals surface area contributed by atoms with Crippen molar-refractivity contribution in [2.45, 2.75) is 25.3 Å². The number of hydrogen-bond acceptors (Lipinski definition) is 5. The average molecular weight is 278 g/mol. The summed E-state index contributed by atoms with van der Waals surface area (Å²) in [6, 6.07) is 2.39. The molecular weight excluding hydrogens is 260 g/mol. The third-order valence-electron chi connectivity index (χ3n) is 3.18. The smallest absolute Gasteiger partial charge is 0.305 e. The van der Waals surface area contributed by atoms with Gasteiger partial charge >= 0.3 is 5.97 Å². The zero-order valence-corrected chi connectivity index (χ0v) is 11.1. The maximum absolute atomic E-state index is 11.9. The number of hydrogen-bond donors (Lipinski definition) is 3. The minimum atomic E-state index is -1.10. The molecule has 108 valence electrons. The molecule has 1 aromatic heterocycles. The summed E-state index contributed by atoms with van der Waals surface area (Å²) in [6.07, 6.45) is 3.47. The average Bonchev–Trinajstić information content (AvgIpc) is 2.92. The van der Waals surface area contributed by atoms with Crippen LogP contribution in [0.1, 0.15) is 19.3 Å². The van der Waals surface area contributed by atoms with Gasteiger partial charge in [0.2, 0.25) is 5.91 Å². The highest BCUT2D eigenvalue weighted by molar-refractivity contribution is 5.98. The van der Waals surface area contributed by atoms with E-state index in [0.29, 0.717) is 11.5 Å². The highest BCUT2D eigenvalue weighted by Crippen LogP contribution is 2.26. The van der Waals surface area contributed by atoms with Gasteiger partial charge in [0.1, 0.15) is 0 Å². The zero-order chi connectivity index (χ0) is 14.5. The van der Waals surface area contributed by atoms with Crippen molar-refractivity contribution < 1.29 is 14.7 Å². The lowest BCUT2D eigenvalue weighted by atomic mass is 10.2. The molecule has 1 fully saturated rings. The van der Waals surface area contributed by atoms with Gasteiger partial charge in [-0.1, -0.05) is 0 Å². The van der Waals surface area contributed by atoms with Crippen LogP contribution in [0.3, 0.4) is 0 Å². The number of amides is 1. The number of nitrogens with one attached hydrogen (secondary N) is 1.